The summed E-state index contributed by atoms with van der Waals surface area (Å²) in [5.41, 5.74) is 2.82. The quantitative estimate of drug-likeness (QED) is 0.353. The molecule has 33 heavy (non-hydrogen) atoms. The number of primary amides is 1. The van der Waals surface area contributed by atoms with E-state index in [2.05, 4.69) is 10.6 Å². The van der Waals surface area contributed by atoms with Gasteiger partial charge in [-0.25, -0.2) is 4.79 Å². The third kappa shape index (κ3) is 6.85. The van der Waals surface area contributed by atoms with Gasteiger partial charge in [0.05, 0.1) is 11.2 Å². The Balaban J connectivity index is 2.10. The summed E-state index contributed by atoms with van der Waals surface area (Å²) in [4.78, 5) is 36.8. The summed E-state index contributed by atoms with van der Waals surface area (Å²) < 4.78 is 17.2. The first-order valence-electron chi connectivity index (χ1n) is 11.9. The van der Waals surface area contributed by atoms with Crippen LogP contribution in [0.4, 0.5) is 4.79 Å². The Labute approximate surface area is 198 Å². The summed E-state index contributed by atoms with van der Waals surface area (Å²) in [5, 5.41) is 6.00. The summed E-state index contributed by atoms with van der Waals surface area (Å²) in [5.74, 6) is -0.655. The monoisotopic (exact) mass is 467 g/mol. The van der Waals surface area contributed by atoms with Crippen LogP contribution >= 0.6 is 0 Å². The molecule has 0 spiro atoms. The molecule has 2 rings (SSSR count). The highest BCUT2D eigenvalue weighted by Gasteiger charge is 2.53. The van der Waals surface area contributed by atoms with Gasteiger partial charge in [-0.05, 0) is 80.0 Å². The summed E-state index contributed by atoms with van der Waals surface area (Å²) in [6.07, 6.45) is 2.40. The van der Waals surface area contributed by atoms with Crippen LogP contribution in [0.25, 0.3) is 0 Å². The summed E-state index contributed by atoms with van der Waals surface area (Å²) in [6.45, 7) is 15.2. The van der Waals surface area contributed by atoms with E-state index in [1.807, 2.05) is 48.5 Å². The Morgan fingerprint density at radius 3 is 2.03 bits per heavy atom. The highest BCUT2D eigenvalue weighted by Crippen LogP contribution is 2.42. The van der Waals surface area contributed by atoms with Gasteiger partial charge in [0.1, 0.15) is 11.6 Å². The molecule has 9 nitrogen and oxygen atoms in total. The van der Waals surface area contributed by atoms with E-state index in [0.29, 0.717) is 32.0 Å². The van der Waals surface area contributed by atoms with Crippen molar-refractivity contribution in [1.82, 2.24) is 10.6 Å². The van der Waals surface area contributed by atoms with E-state index in [0.717, 1.165) is 6.42 Å². The lowest BCUT2D eigenvalue weighted by Crippen LogP contribution is -2.67. The van der Waals surface area contributed by atoms with Crippen LogP contribution in [0, 0.1) is 5.92 Å². The average molecular weight is 467 g/mol. The maximum absolute atomic E-state index is 13.5. The second-order valence-electron chi connectivity index (χ2n) is 11.5. The molecule has 0 radical (unpaired) electrons. The molecule has 1 saturated carbocycles. The molecule has 3 amide bonds. The molecular weight excluding hydrogens is 425 g/mol. The van der Waals surface area contributed by atoms with Crippen molar-refractivity contribution >= 4 is 25.0 Å². The predicted molar refractivity (Wildman–Crippen MR) is 126 cm³/mol. The lowest BCUT2D eigenvalue weighted by molar-refractivity contribution is -0.141. The highest BCUT2D eigenvalue weighted by atomic mass is 16.7. The maximum atomic E-state index is 13.5. The molecule has 4 N–H and O–H groups in total. The third-order valence-electron chi connectivity index (χ3n) is 6.93. The van der Waals surface area contributed by atoms with E-state index < -0.39 is 17.2 Å². The van der Waals surface area contributed by atoms with Crippen LogP contribution in [0.5, 0.6) is 0 Å². The zero-order valence-electron chi connectivity index (χ0n) is 21.5. The second-order valence-corrected chi connectivity index (χ2v) is 11.5. The van der Waals surface area contributed by atoms with Crippen LogP contribution in [0.1, 0.15) is 87.5 Å². The number of nitrogens with two attached hydrogens (primary N) is 1. The lowest BCUT2D eigenvalue weighted by Gasteiger charge is -2.48. The molecule has 0 aromatic heterocycles. The molecule has 0 aromatic rings. The van der Waals surface area contributed by atoms with Crippen LogP contribution < -0.4 is 16.4 Å². The molecule has 0 unspecified atom stereocenters. The first-order valence-corrected chi connectivity index (χ1v) is 11.9. The normalized spacial score (nSPS) is 25.5. The van der Waals surface area contributed by atoms with Crippen molar-refractivity contribution < 1.29 is 28.4 Å². The van der Waals surface area contributed by atoms with Crippen molar-refractivity contribution in [3.63, 3.8) is 0 Å². The Morgan fingerprint density at radius 2 is 1.58 bits per heavy atom. The molecule has 1 heterocycles. The molecule has 1 atom stereocenters. The van der Waals surface area contributed by atoms with E-state index in [1.54, 1.807) is 0 Å². The van der Waals surface area contributed by atoms with Crippen LogP contribution in [0.2, 0.25) is 6.32 Å². The summed E-state index contributed by atoms with van der Waals surface area (Å²) in [7, 11) is -0.300. The van der Waals surface area contributed by atoms with Gasteiger partial charge in [0.15, 0.2) is 0 Å². The molecule has 188 valence electrons. The lowest BCUT2D eigenvalue weighted by atomic mass is 9.65. The summed E-state index contributed by atoms with van der Waals surface area (Å²) in [6, 6.07) is 0. The first kappa shape index (κ1) is 27.4. The second kappa shape index (κ2) is 9.82. The Bertz CT molecular complexity index is 729. The molecule has 2 fully saturated rings. The Morgan fingerprint density at radius 1 is 1.03 bits per heavy atom. The molecule has 2 aliphatic rings. The highest BCUT2D eigenvalue weighted by molar-refractivity contribution is 6.45. The number of nitrogens with one attached hydrogen (secondary N) is 2. The minimum Gasteiger partial charge on any atom is -0.446 e. The van der Waals surface area contributed by atoms with Crippen molar-refractivity contribution in [2.75, 3.05) is 0 Å². The maximum Gasteiger partial charge on any atom is 0.457 e. The number of hydrogen-bond donors (Lipinski definition) is 3. The van der Waals surface area contributed by atoms with Crippen molar-refractivity contribution in [3.05, 3.63) is 0 Å². The van der Waals surface area contributed by atoms with Gasteiger partial charge in [-0.1, -0.05) is 12.8 Å². The molecule has 10 heteroatoms. The SMILES string of the molecule is CC(=O)N[C@@](CCCCB1OC(C)(C)C(C)(C)O1)(C(=O)NC(C)(C)C)C1CC(OC(N)=O)C1. The van der Waals surface area contributed by atoms with Crippen molar-refractivity contribution in [2.24, 2.45) is 11.7 Å². The van der Waals surface area contributed by atoms with Gasteiger partial charge in [0.25, 0.3) is 0 Å². The number of unbranched alkanes of at least 4 members (excludes halogenated alkanes) is 1. The van der Waals surface area contributed by atoms with Crippen LogP contribution in [0.15, 0.2) is 0 Å². The molecular formula is C23H42BN3O6. The Hall–Kier alpha value is -1.81. The zero-order chi connectivity index (χ0) is 25.2. The Kier molecular flexibility index (Phi) is 8.17. The van der Waals surface area contributed by atoms with Crippen molar-refractivity contribution in [3.8, 4) is 0 Å². The minimum absolute atomic E-state index is 0.162. The first-order chi connectivity index (χ1) is 15.0. The molecule has 1 aliphatic carbocycles. The van der Waals surface area contributed by atoms with Gasteiger partial charge < -0.3 is 30.4 Å². The number of hydrogen-bond acceptors (Lipinski definition) is 6. The smallest absolute Gasteiger partial charge is 0.446 e. The molecule has 0 bridgehead atoms. The fourth-order valence-corrected chi connectivity index (χ4v) is 4.52. The van der Waals surface area contributed by atoms with Crippen molar-refractivity contribution in [1.29, 1.82) is 0 Å². The summed E-state index contributed by atoms with van der Waals surface area (Å²) >= 11 is 0. The van der Waals surface area contributed by atoms with E-state index >= 15 is 0 Å². The fraction of sp³-hybridized carbons (Fsp3) is 0.870. The van der Waals surface area contributed by atoms with Gasteiger partial charge in [-0.2, -0.15) is 0 Å². The predicted octanol–water partition coefficient (Wildman–Crippen LogP) is 2.91. The molecule has 1 saturated heterocycles. The number of amides is 3. The van der Waals surface area contributed by atoms with Crippen LogP contribution in [-0.4, -0.2) is 53.4 Å². The van der Waals surface area contributed by atoms with E-state index in [-0.39, 0.29) is 42.2 Å². The van der Waals surface area contributed by atoms with Gasteiger partial charge in [-0.3, -0.25) is 9.59 Å². The number of ether oxygens (including phenoxy) is 1. The van der Waals surface area contributed by atoms with Gasteiger partial charge in [0.2, 0.25) is 11.8 Å². The van der Waals surface area contributed by atoms with Gasteiger partial charge >= 0.3 is 13.2 Å². The standard InChI is InChI=1S/C23H42BN3O6/c1-15(28)26-23(18(29)27-20(2,3)4,16-13-17(14-16)31-19(25)30)11-9-10-12-24-32-21(5,6)22(7,8)33-24/h16-17H,9-14H2,1-8H3,(H2,25,30)(H,26,28)(H,27,29)/t16?,17?,23-/m1/s1. The minimum atomic E-state index is -1.09. The number of carbonyl (C=O) groups is 3. The van der Waals surface area contributed by atoms with E-state index in [4.69, 9.17) is 19.8 Å². The average Bonchev–Trinajstić information content (AvgIpc) is 2.78. The van der Waals surface area contributed by atoms with E-state index in [1.165, 1.54) is 6.92 Å². The third-order valence-corrected chi connectivity index (χ3v) is 6.93. The number of carbonyl (C=O) groups excluding carboxylic acids is 3. The van der Waals surface area contributed by atoms with Crippen LogP contribution in [-0.2, 0) is 23.6 Å². The van der Waals surface area contributed by atoms with Gasteiger partial charge in [0, 0.05) is 12.5 Å². The van der Waals surface area contributed by atoms with Crippen molar-refractivity contribution in [2.45, 2.75) is 122 Å². The topological polar surface area (TPSA) is 129 Å². The largest absolute Gasteiger partial charge is 0.457 e. The van der Waals surface area contributed by atoms with Crippen LogP contribution in [0.3, 0.4) is 0 Å². The zero-order valence-corrected chi connectivity index (χ0v) is 21.5. The molecule has 0 aromatic carbocycles. The van der Waals surface area contributed by atoms with E-state index in [9.17, 15) is 14.4 Å². The number of rotatable bonds is 9. The fourth-order valence-electron chi connectivity index (χ4n) is 4.52. The molecule has 1 aliphatic heterocycles. The van der Waals surface area contributed by atoms with Gasteiger partial charge in [-0.15, -0.1) is 0 Å².